The number of hydrogen-bond donors (Lipinski definition) is 0. The molecule has 0 saturated carbocycles. The standard InChI is InChI=1S/C13H12IP.BrH/c14-15(13-9-5-2-6-10-13)11-12-7-3-1-4-8-12;/h1-10H,11H2;1H. The predicted octanol–water partition coefficient (Wildman–Crippen LogP) is 4.92. The van der Waals surface area contributed by atoms with Crippen molar-refractivity contribution < 1.29 is 0 Å². The molecule has 0 saturated heterocycles. The van der Waals surface area contributed by atoms with Gasteiger partial charge in [0.15, 0.2) is 0 Å². The highest BCUT2D eigenvalue weighted by Crippen LogP contribution is 2.46. The van der Waals surface area contributed by atoms with Crippen molar-refractivity contribution in [3.05, 3.63) is 66.2 Å². The zero-order chi connectivity index (χ0) is 10.5. The van der Waals surface area contributed by atoms with Crippen molar-refractivity contribution in [1.29, 1.82) is 0 Å². The summed E-state index contributed by atoms with van der Waals surface area (Å²) in [5.41, 5.74) is 1.35. The van der Waals surface area contributed by atoms with Gasteiger partial charge in [0.1, 0.15) is 0 Å². The van der Waals surface area contributed by atoms with E-state index in [1.54, 1.807) is 0 Å². The number of benzene rings is 2. The zero-order valence-electron chi connectivity index (χ0n) is 8.71. The van der Waals surface area contributed by atoms with Gasteiger partial charge in [0.05, 0.1) is 0 Å². The summed E-state index contributed by atoms with van der Waals surface area (Å²) in [6, 6.07) is 21.5. The van der Waals surface area contributed by atoms with Crippen molar-refractivity contribution in [3.63, 3.8) is 0 Å². The van der Waals surface area contributed by atoms with Crippen LogP contribution in [0.5, 0.6) is 0 Å². The second-order valence-corrected chi connectivity index (χ2v) is 8.39. The van der Waals surface area contributed by atoms with Gasteiger partial charge < -0.3 is 0 Å². The maximum absolute atomic E-state index is 2.58. The molecular formula is C13H13BrIP. The summed E-state index contributed by atoms with van der Waals surface area (Å²) in [5.74, 6) is 0. The average Bonchev–Trinajstić information content (AvgIpc) is 2.31. The van der Waals surface area contributed by atoms with Crippen LogP contribution in [-0.2, 0) is 6.16 Å². The maximum atomic E-state index is 2.58. The Labute approximate surface area is 121 Å². The largest absolute Gasteiger partial charge is 0.114 e. The van der Waals surface area contributed by atoms with Gasteiger partial charge in [-0.2, -0.15) is 0 Å². The molecule has 0 aromatic heterocycles. The predicted molar refractivity (Wildman–Crippen MR) is 87.5 cm³/mol. The highest BCUT2D eigenvalue weighted by atomic mass is 127. The van der Waals surface area contributed by atoms with Gasteiger partial charge in [0.2, 0.25) is 0 Å². The van der Waals surface area contributed by atoms with Crippen LogP contribution in [0, 0.1) is 0 Å². The van der Waals surface area contributed by atoms with Crippen LogP contribution < -0.4 is 5.30 Å². The second-order valence-electron chi connectivity index (χ2n) is 3.34. The molecule has 0 radical (unpaired) electrons. The van der Waals surface area contributed by atoms with Gasteiger partial charge in [-0.25, -0.2) is 0 Å². The molecule has 0 heterocycles. The molecule has 0 bridgehead atoms. The lowest BCUT2D eigenvalue weighted by Crippen LogP contribution is -1.96. The Hall–Kier alpha value is 0.0800. The summed E-state index contributed by atoms with van der Waals surface area (Å²) < 4.78 is 0. The molecule has 3 heteroatoms. The Morgan fingerprint density at radius 1 is 0.812 bits per heavy atom. The lowest BCUT2D eigenvalue weighted by Gasteiger charge is -2.10. The molecule has 16 heavy (non-hydrogen) atoms. The normalized spacial score (nSPS) is 11.6. The summed E-state index contributed by atoms with van der Waals surface area (Å²) in [5, 5.41) is 1.47. The second kappa shape index (κ2) is 7.41. The average molecular weight is 407 g/mol. The van der Waals surface area contributed by atoms with Crippen LogP contribution in [0.3, 0.4) is 0 Å². The fourth-order valence-electron chi connectivity index (χ4n) is 1.42. The minimum Gasteiger partial charge on any atom is -0.114 e. The Kier molecular flexibility index (Phi) is 6.55. The zero-order valence-corrected chi connectivity index (χ0v) is 13.5. The molecule has 0 aliphatic carbocycles. The van der Waals surface area contributed by atoms with E-state index in [-0.39, 0.29) is 22.5 Å². The maximum Gasteiger partial charge on any atom is 0.00579 e. The van der Waals surface area contributed by atoms with Crippen molar-refractivity contribution in [2.24, 2.45) is 0 Å². The van der Waals surface area contributed by atoms with Gasteiger partial charge in [-0.3, -0.25) is 0 Å². The lowest BCUT2D eigenvalue weighted by molar-refractivity contribution is 1.41. The van der Waals surface area contributed by atoms with Crippen molar-refractivity contribution in [3.8, 4) is 0 Å². The highest BCUT2D eigenvalue weighted by molar-refractivity contribution is 14.2. The van der Waals surface area contributed by atoms with E-state index in [2.05, 4.69) is 82.7 Å². The van der Waals surface area contributed by atoms with E-state index in [9.17, 15) is 0 Å². The minimum absolute atomic E-state index is 0. The summed E-state index contributed by atoms with van der Waals surface area (Å²) in [6.07, 6.45) is 1.17. The van der Waals surface area contributed by atoms with Gasteiger partial charge in [0, 0.05) is 6.16 Å². The van der Waals surface area contributed by atoms with Gasteiger partial charge in [-0.1, -0.05) is 60.7 Å². The fraction of sp³-hybridized carbons (Fsp3) is 0.0769. The van der Waals surface area contributed by atoms with E-state index in [1.807, 2.05) is 0 Å². The first kappa shape index (κ1) is 14.1. The van der Waals surface area contributed by atoms with Gasteiger partial charge in [-0.15, -0.1) is 17.0 Å². The monoisotopic (exact) mass is 406 g/mol. The van der Waals surface area contributed by atoms with Crippen molar-refractivity contribution in [2.75, 3.05) is 0 Å². The quantitative estimate of drug-likeness (QED) is 0.501. The van der Waals surface area contributed by atoms with Crippen LogP contribution in [0.2, 0.25) is 0 Å². The fourth-order valence-corrected chi connectivity index (χ4v) is 4.78. The summed E-state index contributed by atoms with van der Waals surface area (Å²) in [6.45, 7) is 0. The summed E-state index contributed by atoms with van der Waals surface area (Å²) in [7, 11) is 0. The van der Waals surface area contributed by atoms with Crippen molar-refractivity contribution in [2.45, 2.75) is 6.16 Å². The van der Waals surface area contributed by atoms with E-state index in [4.69, 9.17) is 0 Å². The molecule has 84 valence electrons. The number of rotatable bonds is 3. The first-order chi connectivity index (χ1) is 7.36. The van der Waals surface area contributed by atoms with Gasteiger partial charge in [-0.05, 0) is 38.5 Å². The van der Waals surface area contributed by atoms with Crippen LogP contribution in [0.4, 0.5) is 0 Å². The molecule has 0 amide bonds. The Balaban J connectivity index is 0.00000128. The SMILES string of the molecule is Br.IP(Cc1ccccc1)c1ccccc1. The van der Waals surface area contributed by atoms with E-state index in [0.29, 0.717) is 0 Å². The topological polar surface area (TPSA) is 0 Å². The Morgan fingerprint density at radius 2 is 1.31 bits per heavy atom. The molecule has 1 atom stereocenters. The van der Waals surface area contributed by atoms with E-state index in [0.717, 1.165) is 0 Å². The minimum atomic E-state index is -0.0820. The summed E-state index contributed by atoms with van der Waals surface area (Å²) in [4.78, 5) is 0. The smallest absolute Gasteiger partial charge is 0.00579 e. The number of hydrogen-bond acceptors (Lipinski definition) is 0. The van der Waals surface area contributed by atoms with Gasteiger partial charge >= 0.3 is 0 Å². The molecule has 0 nitrogen and oxygen atoms in total. The molecule has 0 fully saturated rings. The highest BCUT2D eigenvalue weighted by Gasteiger charge is 2.06. The van der Waals surface area contributed by atoms with Crippen LogP contribution in [0.1, 0.15) is 5.56 Å². The third-order valence-electron chi connectivity index (χ3n) is 2.20. The molecular weight excluding hydrogens is 394 g/mol. The van der Waals surface area contributed by atoms with Crippen LogP contribution in [-0.4, -0.2) is 0 Å². The Bertz CT molecular complexity index is 405. The van der Waals surface area contributed by atoms with E-state index >= 15 is 0 Å². The van der Waals surface area contributed by atoms with Crippen molar-refractivity contribution >= 4 is 49.9 Å². The first-order valence-corrected chi connectivity index (χ1v) is 9.20. The summed E-state index contributed by atoms with van der Waals surface area (Å²) >= 11 is 2.58. The van der Waals surface area contributed by atoms with E-state index < -0.39 is 0 Å². The van der Waals surface area contributed by atoms with Crippen LogP contribution in [0.25, 0.3) is 0 Å². The molecule has 0 spiro atoms. The lowest BCUT2D eigenvalue weighted by atomic mass is 10.2. The third-order valence-corrected chi connectivity index (χ3v) is 6.40. The third kappa shape index (κ3) is 4.15. The number of halogens is 2. The van der Waals surface area contributed by atoms with Gasteiger partial charge in [0.25, 0.3) is 0 Å². The van der Waals surface area contributed by atoms with Crippen LogP contribution in [0.15, 0.2) is 60.7 Å². The first-order valence-electron chi connectivity index (χ1n) is 4.88. The van der Waals surface area contributed by atoms with Crippen molar-refractivity contribution in [1.82, 2.24) is 0 Å². The molecule has 2 aromatic rings. The molecule has 0 N–H and O–H groups in total. The molecule has 1 unspecified atom stereocenters. The Morgan fingerprint density at radius 3 is 1.88 bits per heavy atom. The molecule has 0 aliphatic rings. The van der Waals surface area contributed by atoms with E-state index in [1.165, 1.54) is 17.0 Å². The van der Waals surface area contributed by atoms with Crippen LogP contribution >= 0.6 is 44.6 Å². The molecule has 0 aliphatic heterocycles. The molecule has 2 aromatic carbocycles. The molecule has 2 rings (SSSR count).